The Bertz CT molecular complexity index is 768. The van der Waals surface area contributed by atoms with Crippen molar-refractivity contribution in [2.45, 2.75) is 6.92 Å². The molecule has 0 aliphatic rings. The first-order valence-electron chi connectivity index (χ1n) is 7.93. The van der Waals surface area contributed by atoms with Crippen LogP contribution >= 0.6 is 0 Å². The van der Waals surface area contributed by atoms with Gasteiger partial charge in [0.25, 0.3) is 11.6 Å². The third-order valence-electron chi connectivity index (χ3n) is 3.80. The summed E-state index contributed by atoms with van der Waals surface area (Å²) in [5.41, 5.74) is 1.08. The fraction of sp³-hybridized carbons (Fsp3) is 0.438. The van der Waals surface area contributed by atoms with Crippen LogP contribution in [0.5, 0.6) is 0 Å². The monoisotopic (exact) mass is 363 g/mol. The molecule has 0 fully saturated rings. The average molecular weight is 363 g/mol. The van der Waals surface area contributed by atoms with E-state index in [-0.39, 0.29) is 17.3 Å². The molecular formula is C16H21N5O5. The van der Waals surface area contributed by atoms with Gasteiger partial charge >= 0.3 is 0 Å². The lowest BCUT2D eigenvalue weighted by atomic mass is 10.2. The number of rotatable bonds is 9. The normalized spacial score (nSPS) is 10.7. The van der Waals surface area contributed by atoms with Crippen LogP contribution in [0.1, 0.15) is 16.2 Å². The Morgan fingerprint density at radius 3 is 2.50 bits per heavy atom. The van der Waals surface area contributed by atoms with Crippen LogP contribution in [0.4, 0.5) is 5.69 Å². The molecule has 26 heavy (non-hydrogen) atoms. The predicted octanol–water partition coefficient (Wildman–Crippen LogP) is 1.22. The first-order valence-corrected chi connectivity index (χ1v) is 7.93. The molecule has 1 aromatic heterocycles. The number of nitro groups is 1. The maximum atomic E-state index is 12.8. The molecule has 1 amide bonds. The number of benzene rings is 1. The van der Waals surface area contributed by atoms with E-state index in [1.54, 1.807) is 38.2 Å². The van der Waals surface area contributed by atoms with Gasteiger partial charge in [-0.3, -0.25) is 14.9 Å². The fourth-order valence-corrected chi connectivity index (χ4v) is 2.38. The number of non-ortho nitro benzene ring substituents is 1. The third-order valence-corrected chi connectivity index (χ3v) is 3.80. The largest absolute Gasteiger partial charge is 0.383 e. The molecule has 10 heteroatoms. The van der Waals surface area contributed by atoms with Crippen LogP contribution in [-0.4, -0.2) is 71.2 Å². The molecule has 0 saturated heterocycles. The van der Waals surface area contributed by atoms with E-state index >= 15 is 0 Å². The maximum Gasteiger partial charge on any atom is 0.276 e. The van der Waals surface area contributed by atoms with Crippen molar-refractivity contribution in [3.05, 3.63) is 45.8 Å². The maximum absolute atomic E-state index is 12.8. The highest BCUT2D eigenvalue weighted by Gasteiger charge is 2.23. The van der Waals surface area contributed by atoms with Crippen LogP contribution in [0.2, 0.25) is 0 Å². The van der Waals surface area contributed by atoms with Gasteiger partial charge in [0, 0.05) is 39.4 Å². The minimum Gasteiger partial charge on any atom is -0.383 e. The van der Waals surface area contributed by atoms with E-state index in [2.05, 4.69) is 10.3 Å². The minimum absolute atomic E-state index is 0.0629. The van der Waals surface area contributed by atoms with Crippen molar-refractivity contribution in [2.24, 2.45) is 0 Å². The zero-order chi connectivity index (χ0) is 19.1. The van der Waals surface area contributed by atoms with Gasteiger partial charge in [-0.15, -0.1) is 5.10 Å². The second kappa shape index (κ2) is 9.02. The van der Waals surface area contributed by atoms with Crippen LogP contribution in [0.25, 0.3) is 5.69 Å². The Labute approximate surface area is 150 Å². The van der Waals surface area contributed by atoms with E-state index in [1.807, 2.05) is 0 Å². The number of ether oxygens (including phenoxy) is 2. The molecule has 0 bridgehead atoms. The fourth-order valence-electron chi connectivity index (χ4n) is 2.38. The topological polar surface area (TPSA) is 113 Å². The third kappa shape index (κ3) is 4.41. The summed E-state index contributed by atoms with van der Waals surface area (Å²) in [5, 5.41) is 18.9. The standard InChI is InChI=1S/C16H21N5O5/c1-12-15(16(22)19(7-9-25-2)8-10-26-3)17-18-20(12)13-5-4-6-14(11-13)21(23)24/h4-6,11H,7-10H2,1-3H3. The summed E-state index contributed by atoms with van der Waals surface area (Å²) in [6.07, 6.45) is 0. The average Bonchev–Trinajstić information content (AvgIpc) is 3.03. The van der Waals surface area contributed by atoms with E-state index in [1.165, 1.54) is 16.8 Å². The molecule has 0 saturated carbocycles. The number of carbonyl (C=O) groups excluding carboxylic acids is 1. The van der Waals surface area contributed by atoms with E-state index < -0.39 is 4.92 Å². The van der Waals surface area contributed by atoms with E-state index in [4.69, 9.17) is 9.47 Å². The van der Waals surface area contributed by atoms with Crippen molar-refractivity contribution < 1.29 is 19.2 Å². The number of carbonyl (C=O) groups is 1. The lowest BCUT2D eigenvalue weighted by Crippen LogP contribution is -2.37. The second-order valence-corrected chi connectivity index (χ2v) is 5.49. The van der Waals surface area contributed by atoms with E-state index in [9.17, 15) is 14.9 Å². The predicted molar refractivity (Wildman–Crippen MR) is 92.4 cm³/mol. The van der Waals surface area contributed by atoms with Gasteiger partial charge in [0.1, 0.15) is 0 Å². The highest BCUT2D eigenvalue weighted by atomic mass is 16.6. The molecule has 2 aromatic rings. The summed E-state index contributed by atoms with van der Waals surface area (Å²) in [6.45, 7) is 3.24. The molecule has 1 aromatic carbocycles. The molecule has 0 aliphatic heterocycles. The van der Waals surface area contributed by atoms with Gasteiger partial charge in [-0.1, -0.05) is 11.3 Å². The molecule has 0 unspecified atom stereocenters. The Kier molecular flexibility index (Phi) is 6.75. The number of hydrogen-bond donors (Lipinski definition) is 0. The minimum atomic E-state index is -0.487. The highest BCUT2D eigenvalue weighted by Crippen LogP contribution is 2.19. The molecule has 0 aliphatic carbocycles. The molecule has 0 spiro atoms. The van der Waals surface area contributed by atoms with Crippen LogP contribution in [0.3, 0.4) is 0 Å². The summed E-state index contributed by atoms with van der Waals surface area (Å²) in [5.74, 6) is -0.298. The lowest BCUT2D eigenvalue weighted by Gasteiger charge is -2.21. The van der Waals surface area contributed by atoms with Crippen molar-refractivity contribution >= 4 is 11.6 Å². The van der Waals surface area contributed by atoms with Crippen LogP contribution in [0.15, 0.2) is 24.3 Å². The Hall–Kier alpha value is -2.85. The number of hydrogen-bond acceptors (Lipinski definition) is 7. The van der Waals surface area contributed by atoms with Crippen LogP contribution < -0.4 is 0 Å². The smallest absolute Gasteiger partial charge is 0.276 e. The Morgan fingerprint density at radius 1 is 1.27 bits per heavy atom. The summed E-state index contributed by atoms with van der Waals surface area (Å²) in [7, 11) is 3.12. The molecular weight excluding hydrogens is 342 g/mol. The van der Waals surface area contributed by atoms with E-state index in [0.717, 1.165) is 0 Å². The second-order valence-electron chi connectivity index (χ2n) is 5.49. The number of amides is 1. The van der Waals surface area contributed by atoms with Crippen molar-refractivity contribution in [1.29, 1.82) is 0 Å². The van der Waals surface area contributed by atoms with Gasteiger partial charge in [0.15, 0.2) is 5.69 Å². The van der Waals surface area contributed by atoms with Gasteiger partial charge in [0.05, 0.1) is 29.5 Å². The summed E-state index contributed by atoms with van der Waals surface area (Å²) in [6, 6.07) is 5.98. The van der Waals surface area contributed by atoms with E-state index in [0.29, 0.717) is 37.7 Å². The molecule has 10 nitrogen and oxygen atoms in total. The molecule has 1 heterocycles. The molecule has 2 rings (SSSR count). The van der Waals surface area contributed by atoms with Gasteiger partial charge < -0.3 is 14.4 Å². The Morgan fingerprint density at radius 2 is 1.92 bits per heavy atom. The molecule has 0 radical (unpaired) electrons. The zero-order valence-corrected chi connectivity index (χ0v) is 14.9. The Balaban J connectivity index is 2.30. The summed E-state index contributed by atoms with van der Waals surface area (Å²) in [4.78, 5) is 24.8. The van der Waals surface area contributed by atoms with Gasteiger partial charge in [0.2, 0.25) is 0 Å². The SMILES string of the molecule is COCCN(CCOC)C(=O)c1nnn(-c2cccc([N+](=O)[O-])c2)c1C. The van der Waals surface area contributed by atoms with Gasteiger partial charge in [-0.25, -0.2) is 4.68 Å². The lowest BCUT2D eigenvalue weighted by molar-refractivity contribution is -0.384. The van der Waals surface area contributed by atoms with Crippen molar-refractivity contribution in [1.82, 2.24) is 19.9 Å². The molecule has 0 N–H and O–H groups in total. The van der Waals surface area contributed by atoms with Crippen LogP contribution in [0, 0.1) is 17.0 Å². The molecule has 0 atom stereocenters. The van der Waals surface area contributed by atoms with Crippen LogP contribution in [-0.2, 0) is 9.47 Å². The first-order chi connectivity index (χ1) is 12.5. The number of nitro benzene ring substituents is 1. The van der Waals surface area contributed by atoms with Gasteiger partial charge in [-0.05, 0) is 13.0 Å². The quantitative estimate of drug-likeness (QED) is 0.486. The zero-order valence-electron chi connectivity index (χ0n) is 14.9. The summed E-state index contributed by atoms with van der Waals surface area (Å²) < 4.78 is 11.5. The first kappa shape index (κ1) is 19.5. The number of methoxy groups -OCH3 is 2. The summed E-state index contributed by atoms with van der Waals surface area (Å²) >= 11 is 0. The number of aromatic nitrogens is 3. The van der Waals surface area contributed by atoms with Crippen molar-refractivity contribution in [3.8, 4) is 5.69 Å². The highest BCUT2D eigenvalue weighted by molar-refractivity contribution is 5.93. The van der Waals surface area contributed by atoms with Crippen molar-refractivity contribution in [2.75, 3.05) is 40.5 Å². The van der Waals surface area contributed by atoms with Crippen molar-refractivity contribution in [3.63, 3.8) is 0 Å². The molecule has 140 valence electrons. The van der Waals surface area contributed by atoms with Gasteiger partial charge in [-0.2, -0.15) is 0 Å². The number of nitrogens with zero attached hydrogens (tertiary/aromatic N) is 5.